The molecule has 3 rings (SSSR count). The maximum absolute atomic E-state index is 12.8. The van der Waals surface area contributed by atoms with Gasteiger partial charge in [0.2, 0.25) is 5.91 Å². The van der Waals surface area contributed by atoms with Crippen LogP contribution in [0.25, 0.3) is 0 Å². The Morgan fingerprint density at radius 3 is 2.75 bits per heavy atom. The summed E-state index contributed by atoms with van der Waals surface area (Å²) in [5.41, 5.74) is 1.23. The van der Waals surface area contributed by atoms with Crippen LogP contribution < -0.4 is 10.6 Å². The first-order valence-corrected chi connectivity index (χ1v) is 7.66. The van der Waals surface area contributed by atoms with E-state index in [9.17, 15) is 4.79 Å². The minimum Gasteiger partial charge on any atom is -0.332 e. The van der Waals surface area contributed by atoms with E-state index in [4.69, 9.17) is 0 Å². The zero-order valence-electron chi connectivity index (χ0n) is 11.8. The van der Waals surface area contributed by atoms with E-state index < -0.39 is 0 Å². The number of carbonyl (C=O) groups excluding carboxylic acids is 1. The summed E-state index contributed by atoms with van der Waals surface area (Å²) < 4.78 is 0. The van der Waals surface area contributed by atoms with Crippen LogP contribution in [0, 0.1) is 0 Å². The Morgan fingerprint density at radius 2 is 2.00 bits per heavy atom. The molecule has 0 aromatic heterocycles. The average molecular weight is 273 g/mol. The molecule has 2 heterocycles. The molecule has 2 fully saturated rings. The second-order valence-corrected chi connectivity index (χ2v) is 5.66. The van der Waals surface area contributed by atoms with Gasteiger partial charge in [0, 0.05) is 19.6 Å². The summed E-state index contributed by atoms with van der Waals surface area (Å²) in [6.45, 7) is 3.51. The van der Waals surface area contributed by atoms with Crippen LogP contribution in [0.5, 0.6) is 0 Å². The number of piperazine rings is 1. The maximum Gasteiger partial charge on any atom is 0.240 e. The summed E-state index contributed by atoms with van der Waals surface area (Å²) >= 11 is 0. The number of nitrogens with zero attached hydrogens (tertiary/aromatic N) is 1. The highest BCUT2D eigenvalue weighted by Crippen LogP contribution is 2.24. The largest absolute Gasteiger partial charge is 0.332 e. The molecule has 0 saturated carbocycles. The van der Waals surface area contributed by atoms with Gasteiger partial charge in [0.15, 0.2) is 0 Å². The van der Waals surface area contributed by atoms with E-state index in [1.165, 1.54) is 12.0 Å². The van der Waals surface area contributed by atoms with Crippen molar-refractivity contribution in [3.8, 4) is 0 Å². The number of nitrogens with one attached hydrogen (secondary N) is 2. The molecule has 2 aliphatic heterocycles. The molecule has 1 amide bonds. The summed E-state index contributed by atoms with van der Waals surface area (Å²) in [5.74, 6) is 0.278. The first-order valence-electron chi connectivity index (χ1n) is 7.66. The molecule has 0 aliphatic carbocycles. The molecule has 0 bridgehead atoms. The van der Waals surface area contributed by atoms with Crippen molar-refractivity contribution in [3.63, 3.8) is 0 Å². The zero-order valence-corrected chi connectivity index (χ0v) is 11.8. The van der Waals surface area contributed by atoms with Crippen LogP contribution in [-0.2, 0) is 4.79 Å². The lowest BCUT2D eigenvalue weighted by Crippen LogP contribution is -2.55. The van der Waals surface area contributed by atoms with Gasteiger partial charge < -0.3 is 15.5 Å². The number of amides is 1. The predicted octanol–water partition coefficient (Wildman–Crippen LogP) is 1.30. The molecule has 0 radical (unpaired) electrons. The van der Waals surface area contributed by atoms with Crippen molar-refractivity contribution in [3.05, 3.63) is 35.9 Å². The van der Waals surface area contributed by atoms with Crippen LogP contribution in [0.3, 0.4) is 0 Å². The number of piperidine rings is 1. The van der Waals surface area contributed by atoms with E-state index in [0.717, 1.165) is 39.0 Å². The minimum absolute atomic E-state index is 0.0214. The molecule has 1 aromatic rings. The highest BCUT2D eigenvalue weighted by Gasteiger charge is 2.32. The van der Waals surface area contributed by atoms with Crippen LogP contribution >= 0.6 is 0 Å². The van der Waals surface area contributed by atoms with Gasteiger partial charge in [0.25, 0.3) is 0 Å². The van der Waals surface area contributed by atoms with Crippen LogP contribution in [0.1, 0.15) is 30.9 Å². The number of carbonyl (C=O) groups is 1. The van der Waals surface area contributed by atoms with Crippen LogP contribution in [0.4, 0.5) is 0 Å². The Labute approximate surface area is 120 Å². The summed E-state index contributed by atoms with van der Waals surface area (Å²) in [6, 6.07) is 10.5. The third-order valence-electron chi connectivity index (χ3n) is 4.32. The van der Waals surface area contributed by atoms with Gasteiger partial charge >= 0.3 is 0 Å². The normalized spacial score (nSPS) is 27.3. The quantitative estimate of drug-likeness (QED) is 0.854. The maximum atomic E-state index is 12.8. The van der Waals surface area contributed by atoms with Crippen molar-refractivity contribution in [1.82, 2.24) is 15.5 Å². The molecule has 2 saturated heterocycles. The molecule has 0 spiro atoms. The van der Waals surface area contributed by atoms with Gasteiger partial charge in [-0.15, -0.1) is 0 Å². The molecule has 1 aromatic carbocycles. The number of rotatable bonds is 2. The fourth-order valence-corrected chi connectivity index (χ4v) is 3.20. The highest BCUT2D eigenvalue weighted by molar-refractivity contribution is 5.82. The Morgan fingerprint density at radius 1 is 1.15 bits per heavy atom. The minimum atomic E-state index is 0.0214. The van der Waals surface area contributed by atoms with Gasteiger partial charge in [-0.05, 0) is 24.9 Å². The smallest absolute Gasteiger partial charge is 0.240 e. The Kier molecular flexibility index (Phi) is 4.33. The van der Waals surface area contributed by atoms with Gasteiger partial charge in [-0.3, -0.25) is 4.79 Å². The Balaban J connectivity index is 1.76. The van der Waals surface area contributed by atoms with Crippen molar-refractivity contribution in [2.24, 2.45) is 0 Å². The zero-order chi connectivity index (χ0) is 13.8. The third-order valence-corrected chi connectivity index (χ3v) is 4.32. The van der Waals surface area contributed by atoms with E-state index in [-0.39, 0.29) is 18.0 Å². The van der Waals surface area contributed by atoms with Crippen LogP contribution in [-0.4, -0.2) is 43.0 Å². The fraction of sp³-hybridized carbons (Fsp3) is 0.562. The van der Waals surface area contributed by atoms with Crippen molar-refractivity contribution >= 4 is 5.91 Å². The van der Waals surface area contributed by atoms with E-state index in [2.05, 4.69) is 27.7 Å². The summed E-state index contributed by atoms with van der Waals surface area (Å²) in [4.78, 5) is 14.8. The fourth-order valence-electron chi connectivity index (χ4n) is 3.20. The van der Waals surface area contributed by atoms with E-state index in [1.807, 2.05) is 18.2 Å². The topological polar surface area (TPSA) is 44.4 Å². The van der Waals surface area contributed by atoms with Crippen molar-refractivity contribution in [1.29, 1.82) is 0 Å². The lowest BCUT2D eigenvalue weighted by Gasteiger charge is -2.39. The SMILES string of the molecule is O=C(C1CCCCN1)N1CCNCC1c1ccccc1. The van der Waals surface area contributed by atoms with Crippen LogP contribution in [0.2, 0.25) is 0 Å². The van der Waals surface area contributed by atoms with Gasteiger partial charge in [-0.25, -0.2) is 0 Å². The summed E-state index contributed by atoms with van der Waals surface area (Å²) in [7, 11) is 0. The Bertz CT molecular complexity index is 442. The number of benzene rings is 1. The average Bonchev–Trinajstić information content (AvgIpc) is 2.56. The van der Waals surface area contributed by atoms with Crippen LogP contribution in [0.15, 0.2) is 30.3 Å². The van der Waals surface area contributed by atoms with Crippen molar-refractivity contribution < 1.29 is 4.79 Å². The standard InChI is InChI=1S/C16H23N3O/c20-16(14-8-4-5-9-18-14)19-11-10-17-12-15(19)13-6-2-1-3-7-13/h1-3,6-7,14-15,17-18H,4-5,8-12H2. The molecular weight excluding hydrogens is 250 g/mol. The van der Waals surface area contributed by atoms with Crippen molar-refractivity contribution in [2.75, 3.05) is 26.2 Å². The molecule has 2 atom stereocenters. The monoisotopic (exact) mass is 273 g/mol. The van der Waals surface area contributed by atoms with Crippen molar-refractivity contribution in [2.45, 2.75) is 31.3 Å². The molecule has 2 N–H and O–H groups in total. The second kappa shape index (κ2) is 6.37. The van der Waals surface area contributed by atoms with Gasteiger partial charge in [0.05, 0.1) is 12.1 Å². The molecular formula is C16H23N3O. The summed E-state index contributed by atoms with van der Waals surface area (Å²) in [5, 5.41) is 6.78. The third kappa shape index (κ3) is 2.86. The van der Waals surface area contributed by atoms with Gasteiger partial charge in [-0.2, -0.15) is 0 Å². The second-order valence-electron chi connectivity index (χ2n) is 5.66. The molecule has 2 unspecified atom stereocenters. The van der Waals surface area contributed by atoms with E-state index in [1.54, 1.807) is 0 Å². The first kappa shape index (κ1) is 13.6. The Hall–Kier alpha value is -1.39. The molecule has 20 heavy (non-hydrogen) atoms. The van der Waals surface area contributed by atoms with E-state index in [0.29, 0.717) is 0 Å². The number of hydrogen-bond donors (Lipinski definition) is 2. The summed E-state index contributed by atoms with van der Waals surface area (Å²) in [6.07, 6.45) is 3.32. The number of hydrogen-bond acceptors (Lipinski definition) is 3. The molecule has 4 nitrogen and oxygen atoms in total. The lowest BCUT2D eigenvalue weighted by molar-refractivity contribution is -0.137. The molecule has 2 aliphatic rings. The van der Waals surface area contributed by atoms with Gasteiger partial charge in [-0.1, -0.05) is 36.8 Å². The van der Waals surface area contributed by atoms with E-state index >= 15 is 0 Å². The predicted molar refractivity (Wildman–Crippen MR) is 79.4 cm³/mol. The highest BCUT2D eigenvalue weighted by atomic mass is 16.2. The molecule has 4 heteroatoms. The lowest BCUT2D eigenvalue weighted by atomic mass is 9.99. The molecule has 108 valence electrons. The van der Waals surface area contributed by atoms with Gasteiger partial charge in [0.1, 0.15) is 0 Å². The first-order chi connectivity index (χ1) is 9.86.